The number of aromatic nitrogens is 2. The first kappa shape index (κ1) is 21.5. The summed E-state index contributed by atoms with van der Waals surface area (Å²) in [6.45, 7) is 4.48. The summed E-state index contributed by atoms with van der Waals surface area (Å²) in [4.78, 5) is 48.4. The monoisotopic (exact) mass is 426 g/mol. The molecule has 0 saturated carbocycles. The minimum atomic E-state index is -0.646. The number of halogens is 1. The highest BCUT2D eigenvalue weighted by molar-refractivity contribution is 6.47. The predicted octanol–water partition coefficient (Wildman–Crippen LogP) is 3.33. The van der Waals surface area contributed by atoms with Gasteiger partial charge in [0.1, 0.15) is 0 Å². The van der Waals surface area contributed by atoms with E-state index >= 15 is 0 Å². The molecule has 0 unspecified atom stereocenters. The summed E-state index contributed by atoms with van der Waals surface area (Å²) in [6.07, 6.45) is 2.96. The molecule has 2 heterocycles. The zero-order valence-electron chi connectivity index (χ0n) is 17.1. The Morgan fingerprint density at radius 3 is 2.50 bits per heavy atom. The lowest BCUT2D eigenvalue weighted by atomic mass is 10.1. The van der Waals surface area contributed by atoms with E-state index in [1.807, 2.05) is 6.07 Å². The molecule has 1 aromatic carbocycles. The van der Waals surface area contributed by atoms with Gasteiger partial charge in [0.25, 0.3) is 17.6 Å². The minimum absolute atomic E-state index is 0.142. The second-order valence-electron chi connectivity index (χ2n) is 6.95. The minimum Gasteiger partial charge on any atom is -0.359 e. The molecule has 3 rings (SSSR count). The second kappa shape index (κ2) is 9.09. The molecule has 0 aliphatic carbocycles. The molecule has 0 saturated heterocycles. The van der Waals surface area contributed by atoms with E-state index in [-0.39, 0.29) is 18.0 Å². The van der Waals surface area contributed by atoms with Crippen LogP contribution in [0.5, 0.6) is 0 Å². The molecule has 156 valence electrons. The number of rotatable bonds is 7. The first-order chi connectivity index (χ1) is 14.3. The van der Waals surface area contributed by atoms with Crippen LogP contribution in [-0.4, -0.2) is 64.0 Å². The van der Waals surface area contributed by atoms with E-state index in [0.29, 0.717) is 40.3 Å². The van der Waals surface area contributed by atoms with Gasteiger partial charge in [0.2, 0.25) is 0 Å². The lowest BCUT2D eigenvalue weighted by Gasteiger charge is -2.24. The Morgan fingerprint density at radius 1 is 1.13 bits per heavy atom. The topological polar surface area (TPSA) is 86.4 Å². The van der Waals surface area contributed by atoms with Gasteiger partial charge in [-0.1, -0.05) is 29.8 Å². The van der Waals surface area contributed by atoms with Crippen LogP contribution in [0.25, 0.3) is 10.9 Å². The van der Waals surface area contributed by atoms with Crippen LogP contribution in [0.1, 0.15) is 33.3 Å². The van der Waals surface area contributed by atoms with Crippen LogP contribution in [0.3, 0.4) is 0 Å². The zero-order valence-corrected chi connectivity index (χ0v) is 17.9. The van der Waals surface area contributed by atoms with Crippen LogP contribution in [-0.2, 0) is 4.79 Å². The van der Waals surface area contributed by atoms with Gasteiger partial charge in [-0.05, 0) is 26.0 Å². The highest BCUT2D eigenvalue weighted by Crippen LogP contribution is 2.28. The number of pyridine rings is 1. The van der Waals surface area contributed by atoms with Crippen molar-refractivity contribution in [2.45, 2.75) is 13.8 Å². The molecule has 0 fully saturated rings. The SMILES string of the molecule is CCN(CCN(C)C(=O)c1ccccc1)C(=O)C(=O)c1c[nH]c2c(C)ncc(Cl)c12. The molecule has 30 heavy (non-hydrogen) atoms. The molecule has 0 atom stereocenters. The van der Waals surface area contributed by atoms with Crippen molar-refractivity contribution in [2.24, 2.45) is 0 Å². The van der Waals surface area contributed by atoms with Gasteiger partial charge < -0.3 is 14.8 Å². The number of hydrogen-bond acceptors (Lipinski definition) is 4. The molecule has 2 aromatic heterocycles. The Balaban J connectivity index is 1.73. The third-order valence-electron chi connectivity index (χ3n) is 5.03. The Kier molecular flexibility index (Phi) is 6.52. The molecule has 1 N–H and O–H groups in total. The fraction of sp³-hybridized carbons (Fsp3) is 0.273. The van der Waals surface area contributed by atoms with Crippen LogP contribution in [0.4, 0.5) is 0 Å². The summed E-state index contributed by atoms with van der Waals surface area (Å²) < 4.78 is 0. The summed E-state index contributed by atoms with van der Waals surface area (Å²) >= 11 is 6.23. The fourth-order valence-electron chi connectivity index (χ4n) is 3.25. The van der Waals surface area contributed by atoms with Crippen LogP contribution >= 0.6 is 11.6 Å². The standard InChI is InChI=1S/C22H23ClN4O3/c1-4-27(11-10-26(3)21(29)15-8-6-5-7-9-15)22(30)20(28)16-12-25-19-14(2)24-13-17(23)18(16)19/h5-9,12-13,25H,4,10-11H2,1-3H3. The van der Waals surface area contributed by atoms with E-state index in [1.165, 1.54) is 22.2 Å². The number of amides is 2. The highest BCUT2D eigenvalue weighted by Gasteiger charge is 2.26. The normalized spacial score (nSPS) is 10.8. The lowest BCUT2D eigenvalue weighted by Crippen LogP contribution is -2.42. The van der Waals surface area contributed by atoms with Crippen molar-refractivity contribution < 1.29 is 14.4 Å². The fourth-order valence-corrected chi connectivity index (χ4v) is 3.50. The Bertz CT molecular complexity index is 1090. The van der Waals surface area contributed by atoms with Crippen molar-refractivity contribution in [1.29, 1.82) is 0 Å². The summed E-state index contributed by atoms with van der Waals surface area (Å²) in [5.74, 6) is -1.42. The van der Waals surface area contributed by atoms with E-state index < -0.39 is 11.7 Å². The van der Waals surface area contributed by atoms with E-state index in [4.69, 9.17) is 11.6 Å². The van der Waals surface area contributed by atoms with Crippen molar-refractivity contribution in [3.05, 3.63) is 64.6 Å². The lowest BCUT2D eigenvalue weighted by molar-refractivity contribution is -0.126. The van der Waals surface area contributed by atoms with E-state index in [2.05, 4.69) is 9.97 Å². The number of nitrogens with zero attached hydrogens (tertiary/aromatic N) is 3. The molecule has 0 aliphatic heterocycles. The number of benzene rings is 1. The number of carbonyl (C=O) groups is 3. The number of Topliss-reactive ketones (excluding diaryl/α,β-unsaturated/α-hetero) is 1. The number of likely N-dealkylation sites (N-methyl/N-ethyl adjacent to an activating group) is 2. The molecule has 0 spiro atoms. The summed E-state index contributed by atoms with van der Waals surface area (Å²) in [7, 11) is 1.67. The van der Waals surface area contributed by atoms with Crippen LogP contribution in [0, 0.1) is 6.92 Å². The van der Waals surface area contributed by atoms with Gasteiger partial charge in [0, 0.05) is 50.0 Å². The van der Waals surface area contributed by atoms with E-state index in [1.54, 1.807) is 45.2 Å². The summed E-state index contributed by atoms with van der Waals surface area (Å²) in [6, 6.07) is 8.91. The largest absolute Gasteiger partial charge is 0.359 e. The van der Waals surface area contributed by atoms with Crippen LogP contribution < -0.4 is 0 Å². The first-order valence-corrected chi connectivity index (χ1v) is 9.99. The van der Waals surface area contributed by atoms with Gasteiger partial charge in [0.05, 0.1) is 21.8 Å². The molecule has 3 aromatic rings. The predicted molar refractivity (Wildman–Crippen MR) is 116 cm³/mol. The maximum atomic E-state index is 12.9. The maximum absolute atomic E-state index is 12.9. The van der Waals surface area contributed by atoms with Crippen molar-refractivity contribution in [3.63, 3.8) is 0 Å². The van der Waals surface area contributed by atoms with Crippen molar-refractivity contribution >= 4 is 40.1 Å². The molecule has 0 bridgehead atoms. The average Bonchev–Trinajstić information content (AvgIpc) is 3.22. The highest BCUT2D eigenvalue weighted by atomic mass is 35.5. The number of hydrogen-bond donors (Lipinski definition) is 1. The number of fused-ring (bicyclic) bond motifs is 1. The van der Waals surface area contributed by atoms with Gasteiger partial charge in [-0.15, -0.1) is 0 Å². The van der Waals surface area contributed by atoms with E-state index in [9.17, 15) is 14.4 Å². The molecular weight excluding hydrogens is 404 g/mol. The number of aryl methyl sites for hydroxylation is 1. The van der Waals surface area contributed by atoms with Crippen molar-refractivity contribution in [1.82, 2.24) is 19.8 Å². The maximum Gasteiger partial charge on any atom is 0.295 e. The second-order valence-corrected chi connectivity index (χ2v) is 7.36. The van der Waals surface area contributed by atoms with Crippen molar-refractivity contribution in [3.8, 4) is 0 Å². The number of ketones is 1. The van der Waals surface area contributed by atoms with Gasteiger partial charge in [0.15, 0.2) is 0 Å². The molecule has 0 aliphatic rings. The summed E-state index contributed by atoms with van der Waals surface area (Å²) in [5.41, 5.74) is 2.12. The number of nitrogens with one attached hydrogen (secondary N) is 1. The quantitative estimate of drug-likeness (QED) is 0.463. The molecule has 0 radical (unpaired) electrons. The average molecular weight is 427 g/mol. The Labute approximate surface area is 179 Å². The third-order valence-corrected chi connectivity index (χ3v) is 5.32. The first-order valence-electron chi connectivity index (χ1n) is 9.61. The zero-order chi connectivity index (χ0) is 21.8. The number of H-pyrrole nitrogens is 1. The van der Waals surface area contributed by atoms with Gasteiger partial charge in [-0.3, -0.25) is 19.4 Å². The Hall–Kier alpha value is -3.19. The number of aromatic amines is 1. The number of carbonyl (C=O) groups excluding carboxylic acids is 3. The smallest absolute Gasteiger partial charge is 0.295 e. The molecular formula is C22H23ClN4O3. The molecule has 2 amide bonds. The van der Waals surface area contributed by atoms with Gasteiger partial charge >= 0.3 is 0 Å². The van der Waals surface area contributed by atoms with Crippen LogP contribution in [0.15, 0.2) is 42.7 Å². The van der Waals surface area contributed by atoms with Crippen molar-refractivity contribution in [2.75, 3.05) is 26.7 Å². The molecule has 7 nitrogen and oxygen atoms in total. The molecule has 8 heteroatoms. The van der Waals surface area contributed by atoms with Gasteiger partial charge in [-0.25, -0.2) is 0 Å². The Morgan fingerprint density at radius 2 is 1.83 bits per heavy atom. The van der Waals surface area contributed by atoms with E-state index in [0.717, 1.165) is 0 Å². The van der Waals surface area contributed by atoms with Crippen LogP contribution in [0.2, 0.25) is 5.02 Å². The summed E-state index contributed by atoms with van der Waals surface area (Å²) in [5, 5.41) is 0.805. The van der Waals surface area contributed by atoms with Gasteiger partial charge in [-0.2, -0.15) is 0 Å². The third kappa shape index (κ3) is 4.21.